The summed E-state index contributed by atoms with van der Waals surface area (Å²) in [6.07, 6.45) is 5.12. The lowest BCUT2D eigenvalue weighted by molar-refractivity contribution is -0.126. The van der Waals surface area contributed by atoms with E-state index in [2.05, 4.69) is 34.9 Å². The van der Waals surface area contributed by atoms with Gasteiger partial charge in [0.15, 0.2) is 0 Å². The van der Waals surface area contributed by atoms with Gasteiger partial charge >= 0.3 is 0 Å². The van der Waals surface area contributed by atoms with E-state index in [9.17, 15) is 4.79 Å². The monoisotopic (exact) mass is 294 g/mol. The van der Waals surface area contributed by atoms with Crippen molar-refractivity contribution in [1.29, 1.82) is 0 Å². The zero-order chi connectivity index (χ0) is 13.1. The molecule has 110 valence electrons. The summed E-state index contributed by atoms with van der Waals surface area (Å²) in [5.41, 5.74) is 2.86. The van der Waals surface area contributed by atoms with Gasteiger partial charge in [0.25, 0.3) is 0 Å². The number of hydrogen-bond donors (Lipinski definition) is 2. The van der Waals surface area contributed by atoms with Gasteiger partial charge in [-0.05, 0) is 56.3 Å². The smallest absolute Gasteiger partial charge is 0.223 e. The summed E-state index contributed by atoms with van der Waals surface area (Å²) in [5.74, 6) is 0.490. The zero-order valence-corrected chi connectivity index (χ0v) is 12.5. The Balaban J connectivity index is 0.00000147. The first-order valence-corrected chi connectivity index (χ1v) is 7.41. The summed E-state index contributed by atoms with van der Waals surface area (Å²) in [6, 6.07) is 8.93. The van der Waals surface area contributed by atoms with E-state index in [0.717, 1.165) is 45.2 Å². The number of fused-ring (bicyclic) bond motifs is 1. The molecule has 1 atom stereocenters. The van der Waals surface area contributed by atoms with Crippen LogP contribution in [0.5, 0.6) is 0 Å². The van der Waals surface area contributed by atoms with Crippen molar-refractivity contribution in [3.05, 3.63) is 35.4 Å². The van der Waals surface area contributed by atoms with Crippen LogP contribution in [0.15, 0.2) is 24.3 Å². The standard InChI is InChI=1S/C16H22N2O.ClH/c19-16(13-7-9-17-10-8-13)18-15-6-5-12-3-1-2-4-14(12)11-15;/h1-4,13,15,17H,5-11H2,(H,18,19);1H. The van der Waals surface area contributed by atoms with Crippen LogP contribution in [0.2, 0.25) is 0 Å². The molecule has 1 aliphatic carbocycles. The Kier molecular flexibility index (Phi) is 5.44. The normalized spacial score (nSPS) is 22.5. The fourth-order valence-corrected chi connectivity index (χ4v) is 3.22. The summed E-state index contributed by atoms with van der Waals surface area (Å²) < 4.78 is 0. The molecule has 3 rings (SSSR count). The number of aryl methyl sites for hydroxylation is 1. The predicted molar refractivity (Wildman–Crippen MR) is 83.2 cm³/mol. The quantitative estimate of drug-likeness (QED) is 0.877. The van der Waals surface area contributed by atoms with Crippen LogP contribution in [0.1, 0.15) is 30.4 Å². The molecule has 1 aromatic carbocycles. The maximum absolute atomic E-state index is 12.2. The highest BCUT2D eigenvalue weighted by Crippen LogP contribution is 2.22. The summed E-state index contributed by atoms with van der Waals surface area (Å²) in [5, 5.41) is 6.57. The molecule has 4 heteroatoms. The molecule has 1 saturated heterocycles. The van der Waals surface area contributed by atoms with Crippen molar-refractivity contribution in [3.63, 3.8) is 0 Å². The minimum absolute atomic E-state index is 0. The van der Waals surface area contributed by atoms with Gasteiger partial charge in [0, 0.05) is 12.0 Å². The maximum Gasteiger partial charge on any atom is 0.223 e. The van der Waals surface area contributed by atoms with Gasteiger partial charge in [-0.3, -0.25) is 4.79 Å². The Morgan fingerprint density at radius 2 is 1.80 bits per heavy atom. The zero-order valence-electron chi connectivity index (χ0n) is 11.7. The van der Waals surface area contributed by atoms with E-state index >= 15 is 0 Å². The second kappa shape index (κ2) is 7.09. The minimum atomic E-state index is 0. The molecular weight excluding hydrogens is 272 g/mol. The lowest BCUT2D eigenvalue weighted by Crippen LogP contribution is -2.44. The van der Waals surface area contributed by atoms with Crippen LogP contribution < -0.4 is 10.6 Å². The molecule has 3 nitrogen and oxygen atoms in total. The molecule has 0 spiro atoms. The lowest BCUT2D eigenvalue weighted by atomic mass is 9.87. The summed E-state index contributed by atoms with van der Waals surface area (Å²) in [6.45, 7) is 1.96. The molecule has 0 aromatic heterocycles. The molecule has 0 radical (unpaired) electrons. The first kappa shape index (κ1) is 15.3. The number of hydrogen-bond acceptors (Lipinski definition) is 2. The third-order valence-electron chi connectivity index (χ3n) is 4.40. The molecule has 20 heavy (non-hydrogen) atoms. The number of piperidine rings is 1. The molecule has 0 saturated carbocycles. The van der Waals surface area contributed by atoms with E-state index in [1.54, 1.807) is 0 Å². The van der Waals surface area contributed by atoms with Crippen LogP contribution in [0.25, 0.3) is 0 Å². The number of halogens is 1. The Hall–Kier alpha value is -1.06. The van der Waals surface area contributed by atoms with E-state index < -0.39 is 0 Å². The summed E-state index contributed by atoms with van der Waals surface area (Å²) in [4.78, 5) is 12.2. The number of carbonyl (C=O) groups is 1. The van der Waals surface area contributed by atoms with Crippen LogP contribution in [0.3, 0.4) is 0 Å². The molecule has 1 heterocycles. The highest BCUT2D eigenvalue weighted by Gasteiger charge is 2.25. The average molecular weight is 295 g/mol. The molecule has 2 N–H and O–H groups in total. The number of carbonyl (C=O) groups excluding carboxylic acids is 1. The molecule has 1 fully saturated rings. The summed E-state index contributed by atoms with van der Waals surface area (Å²) >= 11 is 0. The lowest BCUT2D eigenvalue weighted by Gasteiger charge is -2.28. The molecule has 0 bridgehead atoms. The second-order valence-corrected chi connectivity index (χ2v) is 5.74. The van der Waals surface area contributed by atoms with Gasteiger partial charge in [-0.1, -0.05) is 24.3 Å². The molecule has 1 aliphatic heterocycles. The van der Waals surface area contributed by atoms with Gasteiger partial charge in [0.05, 0.1) is 0 Å². The summed E-state index contributed by atoms with van der Waals surface area (Å²) in [7, 11) is 0. The van der Waals surface area contributed by atoms with E-state index in [1.165, 1.54) is 11.1 Å². The van der Waals surface area contributed by atoms with Gasteiger partial charge in [0.2, 0.25) is 5.91 Å². The number of amides is 1. The van der Waals surface area contributed by atoms with Crippen molar-refractivity contribution >= 4 is 18.3 Å². The second-order valence-electron chi connectivity index (χ2n) is 5.74. The van der Waals surface area contributed by atoms with Crippen molar-refractivity contribution in [1.82, 2.24) is 10.6 Å². The van der Waals surface area contributed by atoms with Gasteiger partial charge in [0.1, 0.15) is 0 Å². The molecular formula is C16H23ClN2O. The topological polar surface area (TPSA) is 41.1 Å². The third kappa shape index (κ3) is 3.53. The van der Waals surface area contributed by atoms with Crippen LogP contribution in [-0.2, 0) is 17.6 Å². The Morgan fingerprint density at radius 1 is 1.10 bits per heavy atom. The molecule has 1 amide bonds. The highest BCUT2D eigenvalue weighted by atomic mass is 35.5. The molecule has 2 aliphatic rings. The molecule has 1 aromatic rings. The van der Waals surface area contributed by atoms with Crippen LogP contribution in [0, 0.1) is 5.92 Å². The first-order valence-electron chi connectivity index (χ1n) is 7.41. The van der Waals surface area contributed by atoms with E-state index in [0.29, 0.717) is 6.04 Å². The van der Waals surface area contributed by atoms with Crippen LogP contribution in [-0.4, -0.2) is 25.0 Å². The van der Waals surface area contributed by atoms with Gasteiger partial charge in [-0.2, -0.15) is 0 Å². The average Bonchev–Trinajstić information content (AvgIpc) is 2.48. The highest BCUT2D eigenvalue weighted by molar-refractivity contribution is 5.85. The Morgan fingerprint density at radius 3 is 2.55 bits per heavy atom. The Labute approximate surface area is 126 Å². The van der Waals surface area contributed by atoms with Gasteiger partial charge in [-0.25, -0.2) is 0 Å². The van der Waals surface area contributed by atoms with E-state index in [4.69, 9.17) is 0 Å². The number of nitrogens with one attached hydrogen (secondary N) is 2. The molecule has 1 unspecified atom stereocenters. The fourth-order valence-electron chi connectivity index (χ4n) is 3.22. The SMILES string of the molecule is Cl.O=C(NC1CCc2ccccc2C1)C1CCNCC1. The maximum atomic E-state index is 12.2. The van der Waals surface area contributed by atoms with Gasteiger partial charge in [-0.15, -0.1) is 12.4 Å². The van der Waals surface area contributed by atoms with Crippen molar-refractivity contribution in [3.8, 4) is 0 Å². The minimum Gasteiger partial charge on any atom is -0.353 e. The number of benzene rings is 1. The van der Waals surface area contributed by atoms with Gasteiger partial charge < -0.3 is 10.6 Å². The van der Waals surface area contributed by atoms with Crippen molar-refractivity contribution < 1.29 is 4.79 Å². The van der Waals surface area contributed by atoms with E-state index in [-0.39, 0.29) is 24.2 Å². The Bertz CT molecular complexity index is 458. The van der Waals surface area contributed by atoms with Crippen molar-refractivity contribution in [2.45, 2.75) is 38.1 Å². The third-order valence-corrected chi connectivity index (χ3v) is 4.40. The van der Waals surface area contributed by atoms with E-state index in [1.807, 2.05) is 0 Å². The fraction of sp³-hybridized carbons (Fsp3) is 0.562. The number of rotatable bonds is 2. The van der Waals surface area contributed by atoms with Crippen LogP contribution in [0.4, 0.5) is 0 Å². The predicted octanol–water partition coefficient (Wildman–Crippen LogP) is 2.08. The van der Waals surface area contributed by atoms with Crippen LogP contribution >= 0.6 is 12.4 Å². The van der Waals surface area contributed by atoms with Crippen molar-refractivity contribution in [2.24, 2.45) is 5.92 Å². The first-order chi connectivity index (χ1) is 9.33. The largest absolute Gasteiger partial charge is 0.353 e. The van der Waals surface area contributed by atoms with Crippen molar-refractivity contribution in [2.75, 3.05) is 13.1 Å².